The summed E-state index contributed by atoms with van der Waals surface area (Å²) >= 11 is 3.32. The van der Waals surface area contributed by atoms with Crippen LogP contribution < -0.4 is 15.8 Å². The molecule has 106 valence electrons. The van der Waals surface area contributed by atoms with Crippen molar-refractivity contribution < 1.29 is 9.13 Å². The van der Waals surface area contributed by atoms with E-state index in [0.29, 0.717) is 15.9 Å². The molecule has 2 rings (SSSR count). The summed E-state index contributed by atoms with van der Waals surface area (Å²) in [4.78, 5) is 0. The zero-order valence-electron chi connectivity index (χ0n) is 11.3. The molecule has 20 heavy (non-hydrogen) atoms. The Hall–Kier alpha value is -1.75. The topological polar surface area (TPSA) is 47.3 Å². The highest BCUT2D eigenvalue weighted by Gasteiger charge is 2.05. The first-order valence-electron chi connectivity index (χ1n) is 6.23. The van der Waals surface area contributed by atoms with Gasteiger partial charge in [-0.25, -0.2) is 4.39 Å². The van der Waals surface area contributed by atoms with Crippen LogP contribution in [0.5, 0.6) is 5.75 Å². The minimum atomic E-state index is -0.293. The molecule has 0 aliphatic carbocycles. The Morgan fingerprint density at radius 3 is 2.60 bits per heavy atom. The third-order valence-corrected chi connectivity index (χ3v) is 3.17. The lowest BCUT2D eigenvalue weighted by Crippen LogP contribution is -2.06. The van der Waals surface area contributed by atoms with Crippen molar-refractivity contribution in [3.63, 3.8) is 0 Å². The van der Waals surface area contributed by atoms with Crippen LogP contribution >= 0.6 is 15.9 Å². The van der Waals surface area contributed by atoms with Gasteiger partial charge in [0.25, 0.3) is 0 Å². The molecule has 0 saturated heterocycles. The molecule has 0 unspecified atom stereocenters. The van der Waals surface area contributed by atoms with E-state index in [1.54, 1.807) is 18.2 Å². The Kier molecular flexibility index (Phi) is 4.49. The van der Waals surface area contributed by atoms with Crippen molar-refractivity contribution in [2.75, 3.05) is 11.1 Å². The summed E-state index contributed by atoms with van der Waals surface area (Å²) in [5, 5.41) is 3.18. The van der Waals surface area contributed by atoms with Gasteiger partial charge in [-0.1, -0.05) is 0 Å². The van der Waals surface area contributed by atoms with Crippen LogP contribution in [-0.4, -0.2) is 6.10 Å². The van der Waals surface area contributed by atoms with Crippen LogP contribution in [0.15, 0.2) is 40.9 Å². The number of ether oxygens (including phenoxy) is 1. The summed E-state index contributed by atoms with van der Waals surface area (Å²) in [5.74, 6) is 0.402. The molecule has 2 aromatic carbocycles. The van der Waals surface area contributed by atoms with Gasteiger partial charge in [-0.2, -0.15) is 0 Å². The first-order chi connectivity index (χ1) is 9.44. The Bertz CT molecular complexity index is 617. The molecule has 0 atom stereocenters. The average molecular weight is 339 g/mol. The molecular weight excluding hydrogens is 323 g/mol. The van der Waals surface area contributed by atoms with Crippen molar-refractivity contribution in [1.29, 1.82) is 0 Å². The van der Waals surface area contributed by atoms with Gasteiger partial charge >= 0.3 is 0 Å². The molecule has 0 heterocycles. The van der Waals surface area contributed by atoms with Crippen molar-refractivity contribution in [3.05, 3.63) is 46.7 Å². The highest BCUT2D eigenvalue weighted by atomic mass is 79.9. The Morgan fingerprint density at radius 2 is 1.95 bits per heavy atom. The van der Waals surface area contributed by atoms with Gasteiger partial charge in [0, 0.05) is 28.0 Å². The zero-order chi connectivity index (χ0) is 14.7. The van der Waals surface area contributed by atoms with Gasteiger partial charge in [-0.15, -0.1) is 0 Å². The number of benzene rings is 2. The summed E-state index contributed by atoms with van der Waals surface area (Å²) in [6.45, 7) is 3.90. The zero-order valence-corrected chi connectivity index (χ0v) is 12.9. The molecule has 0 spiro atoms. The lowest BCUT2D eigenvalue weighted by atomic mass is 10.2. The predicted octanol–water partition coefficient (Wildman–Crippen LogP) is 4.70. The second kappa shape index (κ2) is 6.13. The molecule has 0 aromatic heterocycles. The fourth-order valence-corrected chi connectivity index (χ4v) is 2.23. The molecule has 0 bridgehead atoms. The molecule has 0 fully saturated rings. The number of hydrogen-bond acceptors (Lipinski definition) is 3. The number of hydrogen-bond donors (Lipinski definition) is 2. The standard InChI is InChI=1S/C15H16BrFN2O/c1-9(2)20-13-7-11(18)6-12(8-13)19-15-4-3-10(17)5-14(15)16/h3-9,19H,18H2,1-2H3. The highest BCUT2D eigenvalue weighted by Crippen LogP contribution is 2.30. The lowest BCUT2D eigenvalue weighted by molar-refractivity contribution is 0.242. The van der Waals surface area contributed by atoms with Gasteiger partial charge in [0.1, 0.15) is 11.6 Å². The lowest BCUT2D eigenvalue weighted by Gasteiger charge is -2.14. The Labute approximate surface area is 126 Å². The number of halogens is 2. The van der Waals surface area contributed by atoms with Gasteiger partial charge in [0.15, 0.2) is 0 Å². The summed E-state index contributed by atoms with van der Waals surface area (Å²) in [6, 6.07) is 9.87. The van der Waals surface area contributed by atoms with Crippen LogP contribution in [0.1, 0.15) is 13.8 Å². The summed E-state index contributed by atoms with van der Waals surface area (Å²) in [5.41, 5.74) is 8.00. The third kappa shape index (κ3) is 3.87. The smallest absolute Gasteiger partial charge is 0.124 e. The normalized spacial score (nSPS) is 10.7. The number of rotatable bonds is 4. The second-order valence-electron chi connectivity index (χ2n) is 4.71. The molecule has 0 aliphatic heterocycles. The molecule has 3 nitrogen and oxygen atoms in total. The van der Waals surface area contributed by atoms with Crippen molar-refractivity contribution in [2.24, 2.45) is 0 Å². The summed E-state index contributed by atoms with van der Waals surface area (Å²) in [6.07, 6.45) is 0.0715. The SMILES string of the molecule is CC(C)Oc1cc(N)cc(Nc2ccc(F)cc2Br)c1. The van der Waals surface area contributed by atoms with E-state index in [1.165, 1.54) is 12.1 Å². The van der Waals surface area contributed by atoms with Crippen molar-refractivity contribution in [1.82, 2.24) is 0 Å². The number of nitrogens with one attached hydrogen (secondary N) is 1. The molecule has 0 radical (unpaired) electrons. The van der Waals surface area contributed by atoms with E-state index in [2.05, 4.69) is 21.2 Å². The van der Waals surface area contributed by atoms with Gasteiger partial charge < -0.3 is 15.8 Å². The number of nitrogen functional groups attached to an aromatic ring is 1. The molecule has 0 saturated carbocycles. The van der Waals surface area contributed by atoms with Crippen LogP contribution in [-0.2, 0) is 0 Å². The average Bonchev–Trinajstić information content (AvgIpc) is 2.31. The van der Waals surface area contributed by atoms with E-state index in [0.717, 1.165) is 11.4 Å². The maximum absolute atomic E-state index is 13.1. The molecular formula is C15H16BrFN2O. The van der Waals surface area contributed by atoms with Crippen LogP contribution in [0.4, 0.5) is 21.5 Å². The van der Waals surface area contributed by atoms with E-state index in [-0.39, 0.29) is 11.9 Å². The van der Waals surface area contributed by atoms with E-state index in [4.69, 9.17) is 10.5 Å². The van der Waals surface area contributed by atoms with Gasteiger partial charge in [0.05, 0.1) is 11.8 Å². The largest absolute Gasteiger partial charge is 0.491 e. The molecule has 0 amide bonds. The van der Waals surface area contributed by atoms with Gasteiger partial charge in [-0.05, 0) is 54.0 Å². The molecule has 2 aromatic rings. The molecule has 0 aliphatic rings. The van der Waals surface area contributed by atoms with Crippen LogP contribution in [0, 0.1) is 5.82 Å². The maximum atomic E-state index is 13.1. The summed E-state index contributed by atoms with van der Waals surface area (Å²) < 4.78 is 19.3. The van der Waals surface area contributed by atoms with Crippen molar-refractivity contribution in [3.8, 4) is 5.75 Å². The van der Waals surface area contributed by atoms with E-state index in [9.17, 15) is 4.39 Å². The minimum Gasteiger partial charge on any atom is -0.491 e. The van der Waals surface area contributed by atoms with Crippen molar-refractivity contribution >= 4 is 33.0 Å². The number of nitrogens with two attached hydrogens (primary N) is 1. The van der Waals surface area contributed by atoms with E-state index >= 15 is 0 Å². The third-order valence-electron chi connectivity index (χ3n) is 2.51. The highest BCUT2D eigenvalue weighted by molar-refractivity contribution is 9.10. The van der Waals surface area contributed by atoms with Crippen LogP contribution in [0.25, 0.3) is 0 Å². The maximum Gasteiger partial charge on any atom is 0.124 e. The fraction of sp³-hybridized carbons (Fsp3) is 0.200. The van der Waals surface area contributed by atoms with Crippen LogP contribution in [0.2, 0.25) is 0 Å². The van der Waals surface area contributed by atoms with Crippen molar-refractivity contribution in [2.45, 2.75) is 20.0 Å². The first kappa shape index (κ1) is 14.7. The Morgan fingerprint density at radius 1 is 1.20 bits per heavy atom. The van der Waals surface area contributed by atoms with Crippen LogP contribution in [0.3, 0.4) is 0 Å². The quantitative estimate of drug-likeness (QED) is 0.794. The number of anilines is 3. The van der Waals surface area contributed by atoms with Gasteiger partial charge in [0.2, 0.25) is 0 Å². The molecule has 3 N–H and O–H groups in total. The predicted molar refractivity (Wildman–Crippen MR) is 84.0 cm³/mol. The van der Waals surface area contributed by atoms with E-state index in [1.807, 2.05) is 19.9 Å². The van der Waals surface area contributed by atoms with Gasteiger partial charge in [-0.3, -0.25) is 0 Å². The Balaban J connectivity index is 2.26. The van der Waals surface area contributed by atoms with E-state index < -0.39 is 0 Å². The monoisotopic (exact) mass is 338 g/mol. The fourth-order valence-electron chi connectivity index (χ4n) is 1.78. The first-order valence-corrected chi connectivity index (χ1v) is 7.02. The second-order valence-corrected chi connectivity index (χ2v) is 5.56. The minimum absolute atomic E-state index is 0.0715. The molecule has 5 heteroatoms. The summed E-state index contributed by atoms with van der Waals surface area (Å²) in [7, 11) is 0.